The third kappa shape index (κ3) is 4.30. The number of nitrogens with zero attached hydrogens (tertiary/aromatic N) is 5. The SMILES string of the molecule is CCOc1ccc(/C=N\Nc2nc3c(c(=O)n(C)c(=O)n3C)n2Cc2ccccc2C)cc1. The van der Waals surface area contributed by atoms with E-state index in [1.54, 1.807) is 17.8 Å². The molecule has 0 aliphatic rings. The molecule has 0 bridgehead atoms. The van der Waals surface area contributed by atoms with E-state index in [1.165, 1.54) is 11.6 Å². The van der Waals surface area contributed by atoms with E-state index >= 15 is 0 Å². The lowest BCUT2D eigenvalue weighted by Gasteiger charge is -2.11. The van der Waals surface area contributed by atoms with Crippen LogP contribution in [-0.2, 0) is 20.6 Å². The first-order chi connectivity index (χ1) is 15.9. The number of aromatic nitrogens is 4. The van der Waals surface area contributed by atoms with Gasteiger partial charge in [-0.2, -0.15) is 10.1 Å². The summed E-state index contributed by atoms with van der Waals surface area (Å²) in [6, 6.07) is 15.5. The van der Waals surface area contributed by atoms with Gasteiger partial charge in [0, 0.05) is 14.1 Å². The summed E-state index contributed by atoms with van der Waals surface area (Å²) in [7, 11) is 3.06. The standard InChI is InChI=1S/C24H26N6O3/c1-5-33-19-12-10-17(11-13-19)14-25-27-23-26-21-20(22(31)29(4)24(32)28(21)3)30(23)15-18-9-7-6-8-16(18)2/h6-14H,5,15H2,1-4H3,(H,26,27)/b25-14-. The molecule has 9 nitrogen and oxygen atoms in total. The molecule has 2 heterocycles. The molecule has 2 aromatic carbocycles. The molecule has 0 atom stereocenters. The normalized spacial score (nSPS) is 11.4. The number of fused-ring (bicyclic) bond motifs is 1. The van der Waals surface area contributed by atoms with Crippen LogP contribution >= 0.6 is 0 Å². The van der Waals surface area contributed by atoms with Crippen LogP contribution < -0.4 is 21.4 Å². The first-order valence-electron chi connectivity index (χ1n) is 10.6. The number of imidazole rings is 1. The van der Waals surface area contributed by atoms with Crippen LogP contribution in [0, 0.1) is 6.92 Å². The number of hydrazone groups is 1. The Kier molecular flexibility index (Phi) is 6.12. The van der Waals surface area contributed by atoms with E-state index in [1.807, 2.05) is 62.4 Å². The van der Waals surface area contributed by atoms with Crippen molar-refractivity contribution in [3.05, 3.63) is 86.1 Å². The highest BCUT2D eigenvalue weighted by molar-refractivity contribution is 5.80. The number of hydrogen-bond acceptors (Lipinski definition) is 6. The van der Waals surface area contributed by atoms with Crippen LogP contribution in [0.4, 0.5) is 5.95 Å². The molecule has 0 unspecified atom stereocenters. The summed E-state index contributed by atoms with van der Waals surface area (Å²) >= 11 is 0. The minimum Gasteiger partial charge on any atom is -0.494 e. The Hall–Kier alpha value is -4.14. The first-order valence-corrected chi connectivity index (χ1v) is 10.6. The molecule has 0 saturated heterocycles. The minimum atomic E-state index is -0.433. The molecule has 4 rings (SSSR count). The van der Waals surface area contributed by atoms with Crippen LogP contribution in [0.15, 0.2) is 63.2 Å². The molecular formula is C24H26N6O3. The fraction of sp³-hybridized carbons (Fsp3) is 0.250. The van der Waals surface area contributed by atoms with Crippen LogP contribution in [0.2, 0.25) is 0 Å². The van der Waals surface area contributed by atoms with Crippen molar-refractivity contribution in [1.82, 2.24) is 18.7 Å². The highest BCUT2D eigenvalue weighted by atomic mass is 16.5. The van der Waals surface area contributed by atoms with Gasteiger partial charge < -0.3 is 4.74 Å². The third-order valence-electron chi connectivity index (χ3n) is 5.51. The minimum absolute atomic E-state index is 0.301. The maximum Gasteiger partial charge on any atom is 0.332 e. The van der Waals surface area contributed by atoms with E-state index in [0.29, 0.717) is 30.3 Å². The Morgan fingerprint density at radius 3 is 2.48 bits per heavy atom. The van der Waals surface area contributed by atoms with Crippen molar-refractivity contribution >= 4 is 23.3 Å². The van der Waals surface area contributed by atoms with Crippen LogP contribution in [0.25, 0.3) is 11.2 Å². The monoisotopic (exact) mass is 446 g/mol. The third-order valence-corrected chi connectivity index (χ3v) is 5.51. The van der Waals surface area contributed by atoms with Crippen LogP contribution in [0.1, 0.15) is 23.6 Å². The second-order valence-corrected chi connectivity index (χ2v) is 7.70. The van der Waals surface area contributed by atoms with E-state index in [2.05, 4.69) is 15.5 Å². The highest BCUT2D eigenvalue weighted by Gasteiger charge is 2.19. The molecule has 0 aliphatic carbocycles. The van der Waals surface area contributed by atoms with Crippen molar-refractivity contribution in [2.24, 2.45) is 19.2 Å². The Labute approximate surface area is 190 Å². The lowest BCUT2D eigenvalue weighted by atomic mass is 10.1. The first kappa shape index (κ1) is 22.1. The van der Waals surface area contributed by atoms with E-state index < -0.39 is 11.2 Å². The van der Waals surface area contributed by atoms with Crippen molar-refractivity contribution in [2.75, 3.05) is 12.0 Å². The Morgan fingerprint density at radius 2 is 1.79 bits per heavy atom. The van der Waals surface area contributed by atoms with Gasteiger partial charge in [-0.15, -0.1) is 0 Å². The number of aryl methyl sites for hydroxylation is 2. The van der Waals surface area contributed by atoms with Crippen LogP contribution in [0.3, 0.4) is 0 Å². The summed E-state index contributed by atoms with van der Waals surface area (Å²) in [5.74, 6) is 1.16. The number of benzene rings is 2. The number of ether oxygens (including phenoxy) is 1. The van der Waals surface area contributed by atoms with Gasteiger partial charge in [0.05, 0.1) is 19.4 Å². The van der Waals surface area contributed by atoms with Gasteiger partial charge in [0.25, 0.3) is 5.56 Å². The maximum atomic E-state index is 13.0. The molecule has 0 saturated carbocycles. The molecule has 0 amide bonds. The van der Waals surface area contributed by atoms with Gasteiger partial charge in [-0.3, -0.25) is 18.5 Å². The zero-order valence-electron chi connectivity index (χ0n) is 19.1. The van der Waals surface area contributed by atoms with Crippen molar-refractivity contribution in [3.63, 3.8) is 0 Å². The van der Waals surface area contributed by atoms with Crippen molar-refractivity contribution < 1.29 is 4.74 Å². The second kappa shape index (κ2) is 9.15. The molecular weight excluding hydrogens is 420 g/mol. The smallest absolute Gasteiger partial charge is 0.332 e. The Balaban J connectivity index is 1.76. The molecule has 4 aromatic rings. The Morgan fingerprint density at radius 1 is 1.06 bits per heavy atom. The second-order valence-electron chi connectivity index (χ2n) is 7.70. The fourth-order valence-electron chi connectivity index (χ4n) is 3.62. The van der Waals surface area contributed by atoms with E-state index in [0.717, 1.165) is 27.0 Å². The van der Waals surface area contributed by atoms with Gasteiger partial charge in [0.2, 0.25) is 5.95 Å². The van der Waals surface area contributed by atoms with Crippen LogP contribution in [0.5, 0.6) is 5.75 Å². The quantitative estimate of drug-likeness (QED) is 0.348. The van der Waals surface area contributed by atoms with E-state index in [9.17, 15) is 9.59 Å². The summed E-state index contributed by atoms with van der Waals surface area (Å²) in [5, 5.41) is 4.32. The lowest BCUT2D eigenvalue weighted by molar-refractivity contribution is 0.340. The molecule has 2 aromatic heterocycles. The fourth-order valence-corrected chi connectivity index (χ4v) is 3.62. The molecule has 9 heteroatoms. The summed E-state index contributed by atoms with van der Waals surface area (Å²) in [4.78, 5) is 30.0. The van der Waals surface area contributed by atoms with Crippen molar-refractivity contribution in [2.45, 2.75) is 20.4 Å². The van der Waals surface area contributed by atoms with Gasteiger partial charge in [0.15, 0.2) is 11.2 Å². The van der Waals surface area contributed by atoms with Gasteiger partial charge in [-0.25, -0.2) is 10.2 Å². The van der Waals surface area contributed by atoms with Gasteiger partial charge >= 0.3 is 5.69 Å². The highest BCUT2D eigenvalue weighted by Crippen LogP contribution is 2.19. The predicted octanol–water partition coefficient (Wildman–Crippen LogP) is 2.64. The largest absolute Gasteiger partial charge is 0.494 e. The summed E-state index contributed by atoms with van der Waals surface area (Å²) in [5.41, 5.74) is 5.74. The molecule has 170 valence electrons. The molecule has 0 aliphatic heterocycles. The van der Waals surface area contributed by atoms with Crippen molar-refractivity contribution in [3.8, 4) is 5.75 Å². The zero-order chi connectivity index (χ0) is 23.5. The zero-order valence-corrected chi connectivity index (χ0v) is 19.1. The number of anilines is 1. The number of hydrogen-bond donors (Lipinski definition) is 1. The predicted molar refractivity (Wildman–Crippen MR) is 129 cm³/mol. The lowest BCUT2D eigenvalue weighted by Crippen LogP contribution is -2.37. The van der Waals surface area contributed by atoms with Crippen LogP contribution in [-0.4, -0.2) is 31.5 Å². The van der Waals surface area contributed by atoms with Crippen molar-refractivity contribution in [1.29, 1.82) is 0 Å². The van der Waals surface area contributed by atoms with E-state index in [4.69, 9.17) is 4.74 Å². The molecule has 1 N–H and O–H groups in total. The number of nitrogens with one attached hydrogen (secondary N) is 1. The average molecular weight is 447 g/mol. The average Bonchev–Trinajstić information content (AvgIpc) is 3.17. The van der Waals surface area contributed by atoms with E-state index in [-0.39, 0.29) is 0 Å². The summed E-state index contributed by atoms with van der Waals surface area (Å²) in [6.45, 7) is 4.95. The summed E-state index contributed by atoms with van der Waals surface area (Å²) in [6.07, 6.45) is 1.66. The van der Waals surface area contributed by atoms with Gasteiger partial charge in [-0.05, 0) is 54.8 Å². The molecule has 0 spiro atoms. The topological polar surface area (TPSA) is 95.4 Å². The molecule has 0 radical (unpaired) electrons. The Bertz CT molecular complexity index is 1440. The van der Waals surface area contributed by atoms with Gasteiger partial charge in [0.1, 0.15) is 5.75 Å². The summed E-state index contributed by atoms with van der Waals surface area (Å²) < 4.78 is 9.67. The maximum absolute atomic E-state index is 13.0. The molecule has 33 heavy (non-hydrogen) atoms. The van der Waals surface area contributed by atoms with Gasteiger partial charge in [-0.1, -0.05) is 24.3 Å². The number of rotatable bonds is 7. The molecule has 0 fully saturated rings.